The van der Waals surface area contributed by atoms with E-state index in [1.807, 2.05) is 41.0 Å². The summed E-state index contributed by atoms with van der Waals surface area (Å²) in [4.78, 5) is 34.2. The number of pyridine rings is 2. The number of benzene rings is 1. The van der Waals surface area contributed by atoms with Gasteiger partial charge in [0.1, 0.15) is 11.5 Å². The molecule has 1 aliphatic carbocycles. The fourth-order valence-corrected chi connectivity index (χ4v) is 5.30. The number of anilines is 1. The summed E-state index contributed by atoms with van der Waals surface area (Å²) in [5.41, 5.74) is 1.50. The van der Waals surface area contributed by atoms with Crippen LogP contribution in [-0.4, -0.2) is 38.1 Å². The number of nitrogens with zero attached hydrogens (tertiary/aromatic N) is 4. The molecule has 3 aromatic heterocycles. The van der Waals surface area contributed by atoms with Crippen LogP contribution in [0.2, 0.25) is 5.02 Å². The zero-order chi connectivity index (χ0) is 26.8. The molecule has 198 valence electrons. The van der Waals surface area contributed by atoms with Crippen molar-refractivity contribution >= 4 is 34.4 Å². The van der Waals surface area contributed by atoms with E-state index < -0.39 is 18.0 Å². The first-order chi connectivity index (χ1) is 18.4. The lowest BCUT2D eigenvalue weighted by Gasteiger charge is -2.29. The molecule has 5 rings (SSSR count). The zero-order valence-electron chi connectivity index (χ0n) is 20.7. The maximum absolute atomic E-state index is 13.6. The van der Waals surface area contributed by atoms with Gasteiger partial charge < -0.3 is 10.6 Å². The van der Waals surface area contributed by atoms with Gasteiger partial charge in [-0.15, -0.1) is 0 Å². The molecule has 0 saturated heterocycles. The minimum absolute atomic E-state index is 0.122. The van der Waals surface area contributed by atoms with Crippen LogP contribution >= 0.6 is 11.6 Å². The van der Waals surface area contributed by atoms with Gasteiger partial charge in [0.05, 0.1) is 27.3 Å². The highest BCUT2D eigenvalue weighted by Crippen LogP contribution is 2.29. The molecular weight excluding hydrogens is 514 g/mol. The minimum Gasteiger partial charge on any atom is -0.373 e. The summed E-state index contributed by atoms with van der Waals surface area (Å²) in [5.74, 6) is 0.298. The second kappa shape index (κ2) is 10.9. The van der Waals surface area contributed by atoms with E-state index in [2.05, 4.69) is 20.6 Å². The van der Waals surface area contributed by atoms with E-state index >= 15 is 0 Å². The Labute approximate surface area is 222 Å². The van der Waals surface area contributed by atoms with Crippen LogP contribution < -0.4 is 16.3 Å². The zero-order valence-corrected chi connectivity index (χ0v) is 21.5. The highest BCUT2D eigenvalue weighted by molar-refractivity contribution is 6.30. The van der Waals surface area contributed by atoms with Crippen LogP contribution in [0.15, 0.2) is 59.7 Å². The van der Waals surface area contributed by atoms with Gasteiger partial charge in [0.25, 0.3) is 12.3 Å². The van der Waals surface area contributed by atoms with Gasteiger partial charge in [0.15, 0.2) is 0 Å². The maximum Gasteiger partial charge on any atom is 0.333 e. The number of hydrogen-bond donors (Lipinski definition) is 2. The number of imidazole rings is 1. The maximum atomic E-state index is 13.6. The molecule has 0 unspecified atom stereocenters. The lowest BCUT2D eigenvalue weighted by Crippen LogP contribution is -2.39. The van der Waals surface area contributed by atoms with Gasteiger partial charge in [0.2, 0.25) is 0 Å². The minimum atomic E-state index is -2.87. The van der Waals surface area contributed by atoms with E-state index in [1.54, 1.807) is 17.8 Å². The van der Waals surface area contributed by atoms with Gasteiger partial charge in [-0.25, -0.2) is 18.6 Å². The predicted octanol–water partition coefficient (Wildman–Crippen LogP) is 5.20. The summed E-state index contributed by atoms with van der Waals surface area (Å²) < 4.78 is 30.2. The van der Waals surface area contributed by atoms with Crippen LogP contribution in [0.25, 0.3) is 16.7 Å². The Kier molecular flexibility index (Phi) is 7.42. The summed E-state index contributed by atoms with van der Waals surface area (Å²) in [6.45, 7) is 0.546. The molecular formula is C27H27ClF2N6O2. The van der Waals surface area contributed by atoms with Crippen molar-refractivity contribution in [2.45, 2.75) is 44.7 Å². The summed E-state index contributed by atoms with van der Waals surface area (Å²) in [6.07, 6.45) is 2.82. The molecule has 11 heteroatoms. The number of rotatable bonds is 7. The molecule has 0 atom stereocenters. The fourth-order valence-electron chi connectivity index (χ4n) is 5.15. The number of para-hydroxylation sites is 2. The van der Waals surface area contributed by atoms with Crippen LogP contribution in [0.4, 0.5) is 14.6 Å². The van der Waals surface area contributed by atoms with Gasteiger partial charge in [-0.3, -0.25) is 18.9 Å². The lowest BCUT2D eigenvalue weighted by molar-refractivity contribution is 0.0904. The number of hydrogen-bond acceptors (Lipinski definition) is 5. The van der Waals surface area contributed by atoms with E-state index in [4.69, 9.17) is 11.6 Å². The molecule has 4 aromatic rings. The molecule has 3 heterocycles. The van der Waals surface area contributed by atoms with Crippen LogP contribution in [0.3, 0.4) is 0 Å². The van der Waals surface area contributed by atoms with Crippen LogP contribution in [0, 0.1) is 5.92 Å². The number of amides is 1. The summed E-state index contributed by atoms with van der Waals surface area (Å²) in [7, 11) is 1.78. The average molecular weight is 541 g/mol. The highest BCUT2D eigenvalue weighted by Gasteiger charge is 2.27. The predicted molar refractivity (Wildman–Crippen MR) is 142 cm³/mol. The molecule has 1 saturated carbocycles. The normalized spacial score (nSPS) is 17.6. The molecule has 0 spiro atoms. The second-order valence-corrected chi connectivity index (χ2v) is 9.88. The molecule has 1 fully saturated rings. The molecule has 1 amide bonds. The molecule has 38 heavy (non-hydrogen) atoms. The molecule has 2 N–H and O–H groups in total. The van der Waals surface area contributed by atoms with Gasteiger partial charge in [-0.05, 0) is 55.9 Å². The summed E-state index contributed by atoms with van der Waals surface area (Å²) in [6, 6.07) is 12.4. The van der Waals surface area contributed by atoms with Gasteiger partial charge >= 0.3 is 5.69 Å². The van der Waals surface area contributed by atoms with Crippen molar-refractivity contribution < 1.29 is 13.6 Å². The van der Waals surface area contributed by atoms with Crippen molar-refractivity contribution in [2.24, 2.45) is 5.92 Å². The van der Waals surface area contributed by atoms with Crippen LogP contribution in [-0.2, 0) is 6.54 Å². The van der Waals surface area contributed by atoms with Crippen LogP contribution in [0.1, 0.15) is 48.2 Å². The smallest absolute Gasteiger partial charge is 0.333 e. The molecule has 0 aliphatic heterocycles. The number of aromatic nitrogens is 4. The Morgan fingerprint density at radius 1 is 1.11 bits per heavy atom. The standard InChI is InChI=1S/C27H27ClF2N6O2/c1-31-23-13-19(10-11-32-23)36-22-5-3-2-4-21(22)35(27(36)38)15-16-6-8-18(9-7-16)34-26(37)20-12-17(28)14-33-24(20)25(29)30/h2-5,10-14,16,18,25H,6-9,15H2,1H3,(H,31,32)(H,34,37). The monoisotopic (exact) mass is 540 g/mol. The number of carbonyl (C=O) groups excluding carboxylic acids is 1. The Hall–Kier alpha value is -3.79. The number of halogens is 3. The topological polar surface area (TPSA) is 93.8 Å². The molecule has 1 aromatic carbocycles. The number of carbonyl (C=O) groups is 1. The van der Waals surface area contributed by atoms with Crippen LogP contribution in [0.5, 0.6) is 0 Å². The van der Waals surface area contributed by atoms with Gasteiger partial charge in [-0.1, -0.05) is 23.7 Å². The SMILES string of the molecule is CNc1cc(-n2c(=O)n(CC3CCC(NC(=O)c4cc(Cl)cnc4C(F)F)CC3)c3ccccc32)ccn1. The van der Waals surface area contributed by atoms with Crippen molar-refractivity contribution in [1.29, 1.82) is 0 Å². The Morgan fingerprint density at radius 2 is 1.84 bits per heavy atom. The van der Waals surface area contributed by atoms with E-state index in [9.17, 15) is 18.4 Å². The molecule has 1 aliphatic rings. The Balaban J connectivity index is 1.31. The first-order valence-corrected chi connectivity index (χ1v) is 12.8. The number of nitrogens with one attached hydrogen (secondary N) is 2. The largest absolute Gasteiger partial charge is 0.373 e. The first kappa shape index (κ1) is 25.8. The third-order valence-electron chi connectivity index (χ3n) is 7.05. The Bertz CT molecular complexity index is 1530. The quantitative estimate of drug-likeness (QED) is 0.336. The number of fused-ring (bicyclic) bond motifs is 1. The Morgan fingerprint density at radius 3 is 2.55 bits per heavy atom. The van der Waals surface area contributed by atoms with E-state index in [0.29, 0.717) is 25.2 Å². The number of alkyl halides is 2. The third-order valence-corrected chi connectivity index (χ3v) is 7.26. The lowest BCUT2D eigenvalue weighted by atomic mass is 9.85. The summed E-state index contributed by atoms with van der Waals surface area (Å²) >= 11 is 5.89. The highest BCUT2D eigenvalue weighted by atomic mass is 35.5. The van der Waals surface area contributed by atoms with Gasteiger partial charge in [0, 0.05) is 38.1 Å². The van der Waals surface area contributed by atoms with Gasteiger partial charge in [-0.2, -0.15) is 0 Å². The van der Waals surface area contributed by atoms with E-state index in [0.717, 1.165) is 35.8 Å². The van der Waals surface area contributed by atoms with E-state index in [-0.39, 0.29) is 28.2 Å². The van der Waals surface area contributed by atoms with Crippen molar-refractivity contribution in [2.75, 3.05) is 12.4 Å². The van der Waals surface area contributed by atoms with E-state index in [1.165, 1.54) is 6.07 Å². The molecule has 0 bridgehead atoms. The molecule has 0 radical (unpaired) electrons. The molecule has 8 nitrogen and oxygen atoms in total. The summed E-state index contributed by atoms with van der Waals surface area (Å²) in [5, 5.41) is 6.00. The van der Waals surface area contributed by atoms with Crippen molar-refractivity contribution in [3.63, 3.8) is 0 Å². The third kappa shape index (κ3) is 5.13. The average Bonchev–Trinajstić information content (AvgIpc) is 3.20. The van der Waals surface area contributed by atoms with Crippen molar-refractivity contribution in [3.8, 4) is 5.69 Å². The van der Waals surface area contributed by atoms with Crippen molar-refractivity contribution in [3.05, 3.63) is 81.6 Å². The second-order valence-electron chi connectivity index (χ2n) is 9.44. The van der Waals surface area contributed by atoms with Crippen molar-refractivity contribution in [1.82, 2.24) is 24.4 Å². The fraction of sp³-hybridized carbons (Fsp3) is 0.333. The first-order valence-electron chi connectivity index (χ1n) is 12.4.